The Kier molecular flexibility index (Phi) is 8.11. The van der Waals surface area contributed by atoms with Crippen LogP contribution < -0.4 is 4.90 Å². The molecule has 2 heterocycles. The fourth-order valence-corrected chi connectivity index (χ4v) is 8.53. The van der Waals surface area contributed by atoms with Gasteiger partial charge in [-0.05, 0) is 63.4 Å². The molecule has 9 aromatic carbocycles. The fourth-order valence-electron chi connectivity index (χ4n) is 8.53. The van der Waals surface area contributed by atoms with Crippen LogP contribution in [0.15, 0.2) is 219 Å². The number of hydrogen-bond acceptors (Lipinski definition) is 3. The molecule has 0 aliphatic rings. The first-order valence-electron chi connectivity index (χ1n) is 19.7. The lowest BCUT2D eigenvalue weighted by Gasteiger charge is -2.27. The minimum absolute atomic E-state index is 0.606. The van der Waals surface area contributed by atoms with Crippen molar-refractivity contribution in [2.45, 2.75) is 0 Å². The quantitative estimate of drug-likeness (QED) is 0.163. The zero-order valence-corrected chi connectivity index (χ0v) is 31.6. The van der Waals surface area contributed by atoms with Crippen molar-refractivity contribution >= 4 is 60.7 Å². The minimum Gasteiger partial charge on any atom is -0.309 e. The minimum atomic E-state index is 0.606. The maximum Gasteiger partial charge on any atom is 0.234 e. The van der Waals surface area contributed by atoms with Crippen LogP contribution in [-0.4, -0.2) is 14.5 Å². The molecule has 0 aliphatic heterocycles. The topological polar surface area (TPSA) is 34.0 Å². The third-order valence-corrected chi connectivity index (χ3v) is 11.3. The highest BCUT2D eigenvalue weighted by Gasteiger charge is 2.22. The third kappa shape index (κ3) is 5.70. The van der Waals surface area contributed by atoms with E-state index in [-0.39, 0.29) is 0 Å². The van der Waals surface area contributed by atoms with E-state index in [0.717, 1.165) is 50.0 Å². The van der Waals surface area contributed by atoms with E-state index in [1.54, 1.807) is 0 Å². The number of anilines is 3. The first kappa shape index (κ1) is 33.5. The van der Waals surface area contributed by atoms with Crippen LogP contribution >= 0.6 is 0 Å². The van der Waals surface area contributed by atoms with Crippen molar-refractivity contribution in [2.75, 3.05) is 4.90 Å². The highest BCUT2D eigenvalue weighted by atomic mass is 15.3. The maximum absolute atomic E-state index is 5.00. The molecule has 0 aliphatic carbocycles. The summed E-state index contributed by atoms with van der Waals surface area (Å²) < 4.78 is 2.43. The molecule has 272 valence electrons. The van der Waals surface area contributed by atoms with Gasteiger partial charge in [-0.15, -0.1) is 0 Å². The van der Waals surface area contributed by atoms with E-state index in [2.05, 4.69) is 198 Å². The number of nitrogens with zero attached hydrogens (tertiary/aromatic N) is 4. The van der Waals surface area contributed by atoms with Gasteiger partial charge in [0.2, 0.25) is 5.95 Å². The molecule has 0 bridgehead atoms. The average Bonchev–Trinajstić information content (AvgIpc) is 3.63. The van der Waals surface area contributed by atoms with Crippen molar-refractivity contribution in [3.8, 4) is 39.1 Å². The number of para-hydroxylation sites is 2. The molecule has 0 saturated carbocycles. The largest absolute Gasteiger partial charge is 0.309 e. The van der Waals surface area contributed by atoms with Gasteiger partial charge in [0.1, 0.15) is 0 Å². The third-order valence-electron chi connectivity index (χ3n) is 11.3. The van der Waals surface area contributed by atoms with Crippen molar-refractivity contribution < 1.29 is 0 Å². The Labute approximate surface area is 336 Å². The first-order valence-corrected chi connectivity index (χ1v) is 19.7. The van der Waals surface area contributed by atoms with Gasteiger partial charge in [0, 0.05) is 45.1 Å². The second-order valence-electron chi connectivity index (χ2n) is 14.6. The van der Waals surface area contributed by atoms with Crippen LogP contribution in [0.25, 0.3) is 82.4 Å². The predicted octanol–water partition coefficient (Wildman–Crippen LogP) is 14.4. The summed E-state index contributed by atoms with van der Waals surface area (Å²) >= 11 is 0. The summed E-state index contributed by atoms with van der Waals surface area (Å²) in [5, 5.41) is 7.24. The molecule has 0 fully saturated rings. The van der Waals surface area contributed by atoms with Crippen molar-refractivity contribution in [2.24, 2.45) is 0 Å². The lowest BCUT2D eigenvalue weighted by atomic mass is 9.97. The molecule has 2 aromatic heterocycles. The summed E-state index contributed by atoms with van der Waals surface area (Å²) in [5.41, 5.74) is 12.2. The number of hydrogen-bond donors (Lipinski definition) is 0. The standard InChI is InChI=1S/C54H36N4/c1-2-14-37(15-3-1)43-35-55-54(56-36-43)58(51-27-13-19-40-17-5-7-21-45(40)51)50-24-10-8-22-46(50)41-30-28-38(29-31-41)42-32-33-48-47-23-9-11-25-52(47)57(53(48)34-42)49-26-12-18-39-16-4-6-20-44(39)49/h1-36H. The summed E-state index contributed by atoms with van der Waals surface area (Å²) in [6, 6.07) is 73.5. The Morgan fingerprint density at radius 3 is 1.71 bits per heavy atom. The van der Waals surface area contributed by atoms with Crippen LogP contribution in [0, 0.1) is 0 Å². The zero-order valence-electron chi connectivity index (χ0n) is 31.6. The van der Waals surface area contributed by atoms with Gasteiger partial charge in [-0.3, -0.25) is 4.90 Å². The Morgan fingerprint density at radius 1 is 0.345 bits per heavy atom. The highest BCUT2D eigenvalue weighted by Crippen LogP contribution is 2.43. The van der Waals surface area contributed by atoms with Crippen LogP contribution in [0.4, 0.5) is 17.3 Å². The molecule has 0 atom stereocenters. The van der Waals surface area contributed by atoms with Gasteiger partial charge in [-0.25, -0.2) is 9.97 Å². The Hall–Kier alpha value is -7.82. The van der Waals surface area contributed by atoms with Crippen molar-refractivity contribution in [1.82, 2.24) is 14.5 Å². The molecule has 4 heteroatoms. The number of aromatic nitrogens is 3. The molecule has 0 amide bonds. The van der Waals surface area contributed by atoms with Gasteiger partial charge in [-0.2, -0.15) is 0 Å². The van der Waals surface area contributed by atoms with Crippen molar-refractivity contribution in [3.05, 3.63) is 219 Å². The lowest BCUT2D eigenvalue weighted by molar-refractivity contribution is 1.09. The van der Waals surface area contributed by atoms with Crippen LogP contribution in [0.5, 0.6) is 0 Å². The molecule has 0 spiro atoms. The first-order chi connectivity index (χ1) is 28.8. The van der Waals surface area contributed by atoms with Gasteiger partial charge in [0.15, 0.2) is 0 Å². The van der Waals surface area contributed by atoms with Gasteiger partial charge in [0.25, 0.3) is 0 Å². The highest BCUT2D eigenvalue weighted by molar-refractivity contribution is 6.11. The summed E-state index contributed by atoms with van der Waals surface area (Å²) in [6.45, 7) is 0. The van der Waals surface area contributed by atoms with Crippen molar-refractivity contribution in [3.63, 3.8) is 0 Å². The predicted molar refractivity (Wildman–Crippen MR) is 242 cm³/mol. The molecule has 11 rings (SSSR count). The SMILES string of the molecule is c1ccc(-c2cnc(N(c3ccccc3-c3ccc(-c4ccc5c6ccccc6n(-c6cccc7ccccc67)c5c4)cc3)c3cccc4ccccc34)nc2)cc1. The van der Waals surface area contributed by atoms with Crippen LogP contribution in [0.3, 0.4) is 0 Å². The van der Waals surface area contributed by atoms with Gasteiger partial charge in [-0.1, -0.05) is 176 Å². The monoisotopic (exact) mass is 740 g/mol. The molecule has 4 nitrogen and oxygen atoms in total. The normalized spacial score (nSPS) is 11.4. The summed E-state index contributed by atoms with van der Waals surface area (Å²) in [5.74, 6) is 0.606. The molecule has 0 saturated heterocycles. The molecular weight excluding hydrogens is 705 g/mol. The summed E-state index contributed by atoms with van der Waals surface area (Å²) in [4.78, 5) is 12.2. The number of rotatable bonds is 7. The van der Waals surface area contributed by atoms with E-state index in [9.17, 15) is 0 Å². The lowest BCUT2D eigenvalue weighted by Crippen LogP contribution is -2.14. The van der Waals surface area contributed by atoms with E-state index < -0.39 is 0 Å². The summed E-state index contributed by atoms with van der Waals surface area (Å²) in [6.07, 6.45) is 3.84. The smallest absolute Gasteiger partial charge is 0.234 e. The van der Waals surface area contributed by atoms with Crippen LogP contribution in [0.2, 0.25) is 0 Å². The van der Waals surface area contributed by atoms with Crippen LogP contribution in [0.1, 0.15) is 0 Å². The molecule has 0 N–H and O–H groups in total. The Morgan fingerprint density at radius 2 is 0.897 bits per heavy atom. The van der Waals surface area contributed by atoms with E-state index in [1.807, 2.05) is 30.6 Å². The molecule has 0 unspecified atom stereocenters. The zero-order chi connectivity index (χ0) is 38.4. The van der Waals surface area contributed by atoms with Gasteiger partial charge < -0.3 is 4.57 Å². The second-order valence-corrected chi connectivity index (χ2v) is 14.6. The van der Waals surface area contributed by atoms with Gasteiger partial charge >= 0.3 is 0 Å². The molecule has 58 heavy (non-hydrogen) atoms. The van der Waals surface area contributed by atoms with Crippen molar-refractivity contribution in [1.29, 1.82) is 0 Å². The maximum atomic E-state index is 5.00. The van der Waals surface area contributed by atoms with E-state index >= 15 is 0 Å². The molecule has 11 aromatic rings. The second kappa shape index (κ2) is 14.0. The van der Waals surface area contributed by atoms with E-state index in [0.29, 0.717) is 5.95 Å². The Balaban J connectivity index is 1.02. The summed E-state index contributed by atoms with van der Waals surface area (Å²) in [7, 11) is 0. The molecular formula is C54H36N4. The van der Waals surface area contributed by atoms with E-state index in [1.165, 1.54) is 43.8 Å². The number of benzene rings is 9. The number of fused-ring (bicyclic) bond motifs is 5. The fraction of sp³-hybridized carbons (Fsp3) is 0. The molecule has 0 radical (unpaired) electrons. The average molecular weight is 741 g/mol. The van der Waals surface area contributed by atoms with E-state index in [4.69, 9.17) is 9.97 Å². The van der Waals surface area contributed by atoms with Crippen LogP contribution in [-0.2, 0) is 0 Å². The Bertz CT molecular complexity index is 3260. The van der Waals surface area contributed by atoms with Gasteiger partial charge in [0.05, 0.1) is 28.1 Å².